The zero-order valence-corrected chi connectivity index (χ0v) is 18.1. The summed E-state index contributed by atoms with van der Waals surface area (Å²) in [5.41, 5.74) is 0.228. The van der Waals surface area contributed by atoms with E-state index in [1.807, 2.05) is 0 Å². The fourth-order valence-corrected chi connectivity index (χ4v) is 4.50. The number of anilines is 1. The van der Waals surface area contributed by atoms with E-state index in [0.717, 1.165) is 0 Å². The van der Waals surface area contributed by atoms with Crippen LogP contribution in [0.15, 0.2) is 47.4 Å². The number of benzene rings is 2. The molecule has 2 aromatic rings. The summed E-state index contributed by atoms with van der Waals surface area (Å²) in [6.07, 6.45) is 0. The molecule has 0 heterocycles. The van der Waals surface area contributed by atoms with E-state index in [-0.39, 0.29) is 26.2 Å². The molecular weight excluding hydrogens is 439 g/mol. The van der Waals surface area contributed by atoms with Crippen LogP contribution < -0.4 is 5.32 Å². The summed E-state index contributed by atoms with van der Waals surface area (Å²) in [5, 5.41) is 2.95. The number of rotatable bonds is 8. The van der Waals surface area contributed by atoms with E-state index < -0.39 is 28.5 Å². The molecule has 1 N–H and O–H groups in total. The molecule has 0 saturated heterocycles. The molecule has 2 rings (SSSR count). The summed E-state index contributed by atoms with van der Waals surface area (Å²) in [6, 6.07) is 10.2. The van der Waals surface area contributed by atoms with E-state index in [9.17, 15) is 18.0 Å². The minimum Gasteiger partial charge on any atom is -0.452 e. The molecule has 0 bridgehead atoms. The van der Waals surface area contributed by atoms with Gasteiger partial charge in [-0.2, -0.15) is 4.31 Å². The quantitative estimate of drug-likeness (QED) is 0.606. The van der Waals surface area contributed by atoms with Crippen LogP contribution in [0.1, 0.15) is 24.2 Å². The molecule has 0 fully saturated rings. The second-order valence-electron chi connectivity index (χ2n) is 5.84. The molecule has 0 aliphatic rings. The van der Waals surface area contributed by atoms with Gasteiger partial charge in [-0.05, 0) is 30.3 Å². The zero-order valence-electron chi connectivity index (χ0n) is 15.8. The van der Waals surface area contributed by atoms with Crippen LogP contribution in [-0.4, -0.2) is 44.3 Å². The lowest BCUT2D eigenvalue weighted by atomic mass is 10.2. The van der Waals surface area contributed by atoms with Crippen LogP contribution in [-0.2, 0) is 19.6 Å². The van der Waals surface area contributed by atoms with Gasteiger partial charge < -0.3 is 10.1 Å². The highest BCUT2D eigenvalue weighted by molar-refractivity contribution is 7.89. The van der Waals surface area contributed by atoms with Gasteiger partial charge in [0.05, 0.1) is 26.2 Å². The first-order valence-electron chi connectivity index (χ1n) is 8.71. The summed E-state index contributed by atoms with van der Waals surface area (Å²) in [4.78, 5) is 24.3. The highest BCUT2D eigenvalue weighted by atomic mass is 35.5. The summed E-state index contributed by atoms with van der Waals surface area (Å²) in [6.45, 7) is 3.47. The minimum absolute atomic E-state index is 0.0156. The van der Waals surface area contributed by atoms with Crippen molar-refractivity contribution in [2.24, 2.45) is 0 Å². The molecule has 0 radical (unpaired) electrons. The van der Waals surface area contributed by atoms with Gasteiger partial charge in [0.15, 0.2) is 6.61 Å². The van der Waals surface area contributed by atoms with Crippen LogP contribution in [0.25, 0.3) is 0 Å². The fraction of sp³-hybridized carbons (Fsp3) is 0.263. The van der Waals surface area contributed by atoms with Crippen molar-refractivity contribution in [3.8, 4) is 0 Å². The van der Waals surface area contributed by atoms with Crippen LogP contribution in [0.5, 0.6) is 0 Å². The fourth-order valence-electron chi connectivity index (χ4n) is 2.50. The third-order valence-corrected chi connectivity index (χ3v) is 6.65. The number of nitrogens with one attached hydrogen (secondary N) is 1. The maximum absolute atomic E-state index is 12.6. The first-order chi connectivity index (χ1) is 13.7. The Bertz CT molecular complexity index is 987. The van der Waals surface area contributed by atoms with Gasteiger partial charge in [0, 0.05) is 13.1 Å². The molecule has 0 aliphatic heterocycles. The molecule has 10 heteroatoms. The summed E-state index contributed by atoms with van der Waals surface area (Å²) in [7, 11) is -3.72. The first kappa shape index (κ1) is 23.2. The maximum atomic E-state index is 12.6. The Morgan fingerprint density at radius 1 is 1.03 bits per heavy atom. The van der Waals surface area contributed by atoms with Gasteiger partial charge in [-0.25, -0.2) is 13.2 Å². The number of esters is 1. The van der Waals surface area contributed by atoms with Crippen molar-refractivity contribution < 1.29 is 22.7 Å². The van der Waals surface area contributed by atoms with Crippen LogP contribution in [0, 0.1) is 0 Å². The Hall–Kier alpha value is -2.13. The van der Waals surface area contributed by atoms with Gasteiger partial charge >= 0.3 is 5.97 Å². The van der Waals surface area contributed by atoms with E-state index in [4.69, 9.17) is 27.9 Å². The average Bonchev–Trinajstić information content (AvgIpc) is 2.70. The van der Waals surface area contributed by atoms with Crippen LogP contribution in [0.2, 0.25) is 10.0 Å². The predicted molar refractivity (Wildman–Crippen MR) is 112 cm³/mol. The van der Waals surface area contributed by atoms with Crippen molar-refractivity contribution in [2.75, 3.05) is 25.0 Å². The summed E-state index contributed by atoms with van der Waals surface area (Å²) >= 11 is 11.9. The largest absolute Gasteiger partial charge is 0.452 e. The molecule has 7 nitrogen and oxygen atoms in total. The van der Waals surface area contributed by atoms with Crippen molar-refractivity contribution in [2.45, 2.75) is 18.7 Å². The average molecular weight is 459 g/mol. The molecule has 0 aromatic heterocycles. The molecule has 0 unspecified atom stereocenters. The predicted octanol–water partition coefficient (Wildman–Crippen LogP) is 3.82. The van der Waals surface area contributed by atoms with Gasteiger partial charge in [0.25, 0.3) is 5.91 Å². The highest BCUT2D eigenvalue weighted by Crippen LogP contribution is 2.29. The number of para-hydroxylation sites is 1. The van der Waals surface area contributed by atoms with Crippen LogP contribution in [0.3, 0.4) is 0 Å². The first-order valence-corrected chi connectivity index (χ1v) is 10.9. The topological polar surface area (TPSA) is 92.8 Å². The lowest BCUT2D eigenvalue weighted by Gasteiger charge is -2.18. The monoisotopic (exact) mass is 458 g/mol. The number of ether oxygens (including phenoxy) is 1. The van der Waals surface area contributed by atoms with Crippen LogP contribution >= 0.6 is 23.2 Å². The third kappa shape index (κ3) is 5.70. The number of amides is 1. The zero-order chi connectivity index (χ0) is 21.6. The van der Waals surface area contributed by atoms with Crippen molar-refractivity contribution in [1.29, 1.82) is 0 Å². The summed E-state index contributed by atoms with van der Waals surface area (Å²) in [5.74, 6) is -1.47. The molecule has 0 aliphatic carbocycles. The maximum Gasteiger partial charge on any atom is 0.338 e. The highest BCUT2D eigenvalue weighted by Gasteiger charge is 2.23. The number of carbonyl (C=O) groups is 2. The Kier molecular flexibility index (Phi) is 8.04. The Labute approximate surface area is 179 Å². The van der Waals surface area contributed by atoms with Gasteiger partial charge in [-0.3, -0.25) is 4.79 Å². The summed E-state index contributed by atoms with van der Waals surface area (Å²) < 4.78 is 31.4. The number of halogens is 2. The molecule has 1 amide bonds. The normalized spacial score (nSPS) is 11.3. The van der Waals surface area contributed by atoms with Gasteiger partial charge in [-0.15, -0.1) is 0 Å². The standard InChI is InChI=1S/C19H20Cl2N2O5S/c1-3-23(4-2)29(26,27)14-8-5-7-13(11-14)19(25)28-12-17(24)22-18-15(20)9-6-10-16(18)21/h5-11H,3-4,12H2,1-2H3,(H,22,24). The molecule has 0 atom stereocenters. The smallest absolute Gasteiger partial charge is 0.338 e. The number of sulfonamides is 1. The number of hydrogen-bond donors (Lipinski definition) is 1. The second-order valence-corrected chi connectivity index (χ2v) is 8.59. The molecule has 156 valence electrons. The number of nitrogens with zero attached hydrogens (tertiary/aromatic N) is 1. The molecular formula is C19H20Cl2N2O5S. The van der Waals surface area contributed by atoms with Crippen molar-refractivity contribution >= 4 is 50.8 Å². The van der Waals surface area contributed by atoms with Gasteiger partial charge in [0.1, 0.15) is 0 Å². The van der Waals surface area contributed by atoms with E-state index in [0.29, 0.717) is 13.1 Å². The lowest BCUT2D eigenvalue weighted by molar-refractivity contribution is -0.119. The van der Waals surface area contributed by atoms with E-state index in [2.05, 4.69) is 5.32 Å². The Balaban J connectivity index is 2.07. The van der Waals surface area contributed by atoms with E-state index >= 15 is 0 Å². The van der Waals surface area contributed by atoms with Crippen molar-refractivity contribution in [1.82, 2.24) is 4.31 Å². The molecule has 0 saturated carbocycles. The number of hydrogen-bond acceptors (Lipinski definition) is 5. The SMILES string of the molecule is CCN(CC)S(=O)(=O)c1cccc(C(=O)OCC(=O)Nc2c(Cl)cccc2Cl)c1. The van der Waals surface area contributed by atoms with Gasteiger partial charge in [0.2, 0.25) is 10.0 Å². The molecule has 0 spiro atoms. The third-order valence-electron chi connectivity index (χ3n) is 3.97. The Morgan fingerprint density at radius 3 is 2.21 bits per heavy atom. The number of carbonyl (C=O) groups excluding carboxylic acids is 2. The minimum atomic E-state index is -3.72. The van der Waals surface area contributed by atoms with E-state index in [1.54, 1.807) is 32.0 Å². The van der Waals surface area contributed by atoms with Gasteiger partial charge in [-0.1, -0.05) is 49.2 Å². The second kappa shape index (κ2) is 10.1. The van der Waals surface area contributed by atoms with Crippen molar-refractivity contribution in [3.05, 3.63) is 58.1 Å². The van der Waals surface area contributed by atoms with Crippen molar-refractivity contribution in [3.63, 3.8) is 0 Å². The van der Waals surface area contributed by atoms with E-state index in [1.165, 1.54) is 28.6 Å². The lowest BCUT2D eigenvalue weighted by Crippen LogP contribution is -2.30. The van der Waals surface area contributed by atoms with Crippen LogP contribution in [0.4, 0.5) is 5.69 Å². The Morgan fingerprint density at radius 2 is 1.62 bits per heavy atom. The molecule has 29 heavy (non-hydrogen) atoms. The molecule has 2 aromatic carbocycles.